The summed E-state index contributed by atoms with van der Waals surface area (Å²) >= 11 is 0. The standard InChI is InChI=1S/C11H22O3/c1-2-3-4-5-6-14-11-7-10(12)8-13-9-11/h10-12H,2-9H2,1H3. The summed E-state index contributed by atoms with van der Waals surface area (Å²) in [6.45, 7) is 4.12. The molecule has 0 aromatic heterocycles. The van der Waals surface area contributed by atoms with E-state index < -0.39 is 0 Å². The van der Waals surface area contributed by atoms with Gasteiger partial charge in [0.05, 0.1) is 25.4 Å². The Labute approximate surface area is 86.4 Å². The first-order chi connectivity index (χ1) is 6.83. The lowest BCUT2D eigenvalue weighted by Gasteiger charge is -2.26. The van der Waals surface area contributed by atoms with Crippen molar-refractivity contribution in [2.45, 2.75) is 51.2 Å². The summed E-state index contributed by atoms with van der Waals surface area (Å²) in [5, 5.41) is 9.32. The first-order valence-electron chi connectivity index (χ1n) is 5.70. The van der Waals surface area contributed by atoms with Gasteiger partial charge in [-0.1, -0.05) is 26.2 Å². The van der Waals surface area contributed by atoms with Crippen LogP contribution in [0.5, 0.6) is 0 Å². The van der Waals surface area contributed by atoms with E-state index in [1.54, 1.807) is 0 Å². The Morgan fingerprint density at radius 2 is 2.14 bits per heavy atom. The van der Waals surface area contributed by atoms with Crippen LogP contribution in [0.25, 0.3) is 0 Å². The average molecular weight is 202 g/mol. The maximum atomic E-state index is 9.32. The number of aliphatic hydroxyl groups excluding tert-OH is 1. The lowest BCUT2D eigenvalue weighted by molar-refractivity contribution is -0.0989. The molecule has 1 rings (SSSR count). The molecule has 1 saturated heterocycles. The first kappa shape index (κ1) is 12.0. The number of rotatable bonds is 6. The maximum absolute atomic E-state index is 9.32. The van der Waals surface area contributed by atoms with Crippen LogP contribution in [0, 0.1) is 0 Å². The van der Waals surface area contributed by atoms with Crippen molar-refractivity contribution in [2.75, 3.05) is 19.8 Å². The van der Waals surface area contributed by atoms with Crippen molar-refractivity contribution in [1.82, 2.24) is 0 Å². The van der Waals surface area contributed by atoms with Gasteiger partial charge in [0.15, 0.2) is 0 Å². The molecule has 1 heterocycles. The van der Waals surface area contributed by atoms with E-state index in [9.17, 15) is 5.11 Å². The van der Waals surface area contributed by atoms with Gasteiger partial charge in [-0.05, 0) is 6.42 Å². The van der Waals surface area contributed by atoms with E-state index in [0.29, 0.717) is 13.2 Å². The van der Waals surface area contributed by atoms with Crippen molar-refractivity contribution >= 4 is 0 Å². The summed E-state index contributed by atoms with van der Waals surface area (Å²) < 4.78 is 10.8. The van der Waals surface area contributed by atoms with Crippen molar-refractivity contribution in [3.05, 3.63) is 0 Å². The molecule has 0 spiro atoms. The average Bonchev–Trinajstić information content (AvgIpc) is 2.18. The van der Waals surface area contributed by atoms with Crippen LogP contribution in [-0.4, -0.2) is 37.1 Å². The smallest absolute Gasteiger partial charge is 0.0833 e. The highest BCUT2D eigenvalue weighted by Crippen LogP contribution is 2.11. The van der Waals surface area contributed by atoms with E-state index in [4.69, 9.17) is 9.47 Å². The number of hydrogen-bond acceptors (Lipinski definition) is 3. The minimum absolute atomic E-state index is 0.111. The Hall–Kier alpha value is -0.120. The fraction of sp³-hybridized carbons (Fsp3) is 1.00. The van der Waals surface area contributed by atoms with Crippen LogP contribution in [0.4, 0.5) is 0 Å². The Bertz CT molecular complexity index is 138. The number of hydrogen-bond donors (Lipinski definition) is 1. The van der Waals surface area contributed by atoms with E-state index in [-0.39, 0.29) is 12.2 Å². The molecule has 1 aliphatic rings. The van der Waals surface area contributed by atoms with Crippen LogP contribution in [0.1, 0.15) is 39.0 Å². The molecule has 1 N–H and O–H groups in total. The summed E-state index contributed by atoms with van der Waals surface area (Å²) in [7, 11) is 0. The molecule has 84 valence electrons. The largest absolute Gasteiger partial charge is 0.391 e. The van der Waals surface area contributed by atoms with Crippen molar-refractivity contribution < 1.29 is 14.6 Å². The van der Waals surface area contributed by atoms with Gasteiger partial charge in [-0.15, -0.1) is 0 Å². The molecule has 2 atom stereocenters. The fourth-order valence-corrected chi connectivity index (χ4v) is 1.67. The number of aliphatic hydroxyl groups is 1. The molecule has 0 bridgehead atoms. The number of ether oxygens (including phenoxy) is 2. The van der Waals surface area contributed by atoms with Crippen LogP contribution in [0.15, 0.2) is 0 Å². The second-order valence-electron chi connectivity index (χ2n) is 3.98. The summed E-state index contributed by atoms with van der Waals surface area (Å²) in [4.78, 5) is 0. The predicted molar refractivity (Wildman–Crippen MR) is 55.3 cm³/mol. The first-order valence-corrected chi connectivity index (χ1v) is 5.70. The minimum Gasteiger partial charge on any atom is -0.391 e. The highest BCUT2D eigenvalue weighted by atomic mass is 16.5. The molecule has 0 radical (unpaired) electrons. The highest BCUT2D eigenvalue weighted by molar-refractivity contribution is 4.69. The van der Waals surface area contributed by atoms with Gasteiger partial charge < -0.3 is 14.6 Å². The van der Waals surface area contributed by atoms with Crippen molar-refractivity contribution in [3.8, 4) is 0 Å². The van der Waals surface area contributed by atoms with Crippen molar-refractivity contribution in [1.29, 1.82) is 0 Å². The van der Waals surface area contributed by atoms with Gasteiger partial charge >= 0.3 is 0 Å². The monoisotopic (exact) mass is 202 g/mol. The second kappa shape index (κ2) is 7.21. The van der Waals surface area contributed by atoms with Gasteiger partial charge in [0.25, 0.3) is 0 Å². The zero-order valence-corrected chi connectivity index (χ0v) is 9.08. The summed E-state index contributed by atoms with van der Waals surface area (Å²) in [6, 6.07) is 0. The van der Waals surface area contributed by atoms with Gasteiger partial charge in [-0.2, -0.15) is 0 Å². The minimum atomic E-state index is -0.329. The molecular formula is C11H22O3. The van der Waals surface area contributed by atoms with Crippen molar-refractivity contribution in [2.24, 2.45) is 0 Å². The van der Waals surface area contributed by atoms with Crippen LogP contribution < -0.4 is 0 Å². The van der Waals surface area contributed by atoms with Gasteiger partial charge in [0.2, 0.25) is 0 Å². The van der Waals surface area contributed by atoms with Crippen molar-refractivity contribution in [3.63, 3.8) is 0 Å². The molecule has 3 heteroatoms. The van der Waals surface area contributed by atoms with Gasteiger partial charge in [-0.3, -0.25) is 0 Å². The third kappa shape index (κ3) is 4.94. The molecule has 3 nitrogen and oxygen atoms in total. The fourth-order valence-electron chi connectivity index (χ4n) is 1.67. The molecule has 0 aromatic carbocycles. The molecule has 0 aromatic rings. The van der Waals surface area contributed by atoms with E-state index >= 15 is 0 Å². The normalized spacial score (nSPS) is 27.9. The molecule has 0 amide bonds. The van der Waals surface area contributed by atoms with Gasteiger partial charge in [0, 0.05) is 13.0 Å². The summed E-state index contributed by atoms with van der Waals surface area (Å²) in [5.41, 5.74) is 0. The van der Waals surface area contributed by atoms with E-state index in [1.165, 1.54) is 19.3 Å². The lowest BCUT2D eigenvalue weighted by Crippen LogP contribution is -2.34. The molecule has 0 aliphatic carbocycles. The predicted octanol–water partition coefficient (Wildman–Crippen LogP) is 1.73. The second-order valence-corrected chi connectivity index (χ2v) is 3.98. The van der Waals surface area contributed by atoms with E-state index in [2.05, 4.69) is 6.92 Å². The molecule has 0 saturated carbocycles. The molecule has 1 fully saturated rings. The topological polar surface area (TPSA) is 38.7 Å². The number of unbranched alkanes of at least 4 members (excludes halogenated alkanes) is 3. The summed E-state index contributed by atoms with van der Waals surface area (Å²) in [6.07, 6.45) is 5.42. The summed E-state index contributed by atoms with van der Waals surface area (Å²) in [5.74, 6) is 0. The zero-order chi connectivity index (χ0) is 10.2. The van der Waals surface area contributed by atoms with E-state index in [0.717, 1.165) is 19.4 Å². The molecule has 14 heavy (non-hydrogen) atoms. The highest BCUT2D eigenvalue weighted by Gasteiger charge is 2.20. The van der Waals surface area contributed by atoms with Crippen LogP contribution in [0.2, 0.25) is 0 Å². The Kier molecular flexibility index (Phi) is 6.15. The zero-order valence-electron chi connectivity index (χ0n) is 9.08. The quantitative estimate of drug-likeness (QED) is 0.667. The van der Waals surface area contributed by atoms with E-state index in [1.807, 2.05) is 0 Å². The Morgan fingerprint density at radius 3 is 2.86 bits per heavy atom. The van der Waals surface area contributed by atoms with Gasteiger partial charge in [-0.25, -0.2) is 0 Å². The Morgan fingerprint density at radius 1 is 1.29 bits per heavy atom. The lowest BCUT2D eigenvalue weighted by atomic mass is 10.1. The maximum Gasteiger partial charge on any atom is 0.0833 e. The van der Waals surface area contributed by atoms with Crippen LogP contribution in [0.3, 0.4) is 0 Å². The van der Waals surface area contributed by atoms with Crippen LogP contribution in [-0.2, 0) is 9.47 Å². The third-order valence-corrected chi connectivity index (χ3v) is 2.50. The van der Waals surface area contributed by atoms with Crippen LogP contribution >= 0.6 is 0 Å². The molecule has 1 aliphatic heterocycles. The van der Waals surface area contributed by atoms with Gasteiger partial charge in [0.1, 0.15) is 0 Å². The third-order valence-electron chi connectivity index (χ3n) is 2.50. The molecular weight excluding hydrogens is 180 g/mol. The SMILES string of the molecule is CCCCCCOC1COCC(O)C1. The Balaban J connectivity index is 1.95. The molecule has 2 unspecified atom stereocenters.